The Bertz CT molecular complexity index is 886. The highest BCUT2D eigenvalue weighted by Crippen LogP contribution is 2.37. The Morgan fingerprint density at radius 3 is 2.49 bits per heavy atom. The first-order valence-electron chi connectivity index (χ1n) is 13.2. The van der Waals surface area contributed by atoms with Crippen LogP contribution in [0.3, 0.4) is 0 Å². The first kappa shape index (κ1) is 26.6. The van der Waals surface area contributed by atoms with Crippen LogP contribution in [0.4, 0.5) is 4.79 Å². The maximum Gasteiger partial charge on any atom is 0.409 e. The molecule has 3 fully saturated rings. The quantitative estimate of drug-likeness (QED) is 0.399. The summed E-state index contributed by atoms with van der Waals surface area (Å²) in [6, 6.07) is 5.72. The van der Waals surface area contributed by atoms with E-state index in [1.54, 1.807) is 11.9 Å². The number of nitrogens with zero attached hydrogens (tertiary/aromatic N) is 3. The molecule has 0 spiro atoms. The fraction of sp³-hybridized carbons (Fsp3) is 0.704. The molecule has 6 nitrogen and oxygen atoms in total. The summed E-state index contributed by atoms with van der Waals surface area (Å²) in [5.74, 6) is 1.44. The van der Waals surface area contributed by atoms with Crippen molar-refractivity contribution in [1.82, 2.24) is 14.7 Å². The number of benzene rings is 1. The lowest BCUT2D eigenvalue weighted by molar-refractivity contribution is -0.136. The van der Waals surface area contributed by atoms with Crippen LogP contribution < -0.4 is 0 Å². The second-order valence-corrected chi connectivity index (χ2v) is 11.5. The molecule has 2 atom stereocenters. The maximum atomic E-state index is 13.5. The van der Waals surface area contributed by atoms with Gasteiger partial charge in [-0.25, -0.2) is 4.79 Å². The zero-order chi connectivity index (χ0) is 24.9. The van der Waals surface area contributed by atoms with Gasteiger partial charge in [-0.05, 0) is 68.8 Å². The fourth-order valence-electron chi connectivity index (χ4n) is 5.48. The van der Waals surface area contributed by atoms with E-state index in [-0.39, 0.29) is 29.8 Å². The van der Waals surface area contributed by atoms with E-state index in [2.05, 4.69) is 11.8 Å². The topological polar surface area (TPSA) is 53.1 Å². The van der Waals surface area contributed by atoms with Crippen LogP contribution in [0.1, 0.15) is 56.9 Å². The molecule has 2 aliphatic heterocycles. The number of hydrogen-bond donors (Lipinski definition) is 0. The predicted molar refractivity (Wildman–Crippen MR) is 140 cm³/mol. The zero-order valence-electron chi connectivity index (χ0n) is 21.1. The molecule has 0 bridgehead atoms. The first-order chi connectivity index (χ1) is 16.9. The molecule has 0 radical (unpaired) electrons. The van der Waals surface area contributed by atoms with Gasteiger partial charge in [-0.15, -0.1) is 0 Å². The molecule has 3 aliphatic rings. The van der Waals surface area contributed by atoms with E-state index in [1.807, 2.05) is 23.1 Å². The van der Waals surface area contributed by atoms with Gasteiger partial charge in [-0.2, -0.15) is 0 Å². The number of piperidine rings is 1. The van der Waals surface area contributed by atoms with Crippen LogP contribution >= 0.6 is 23.2 Å². The Morgan fingerprint density at radius 2 is 1.83 bits per heavy atom. The number of unbranched alkanes of at least 4 members (excludes halogenated alkanes) is 1. The van der Waals surface area contributed by atoms with Gasteiger partial charge in [-0.3, -0.25) is 4.79 Å². The van der Waals surface area contributed by atoms with Crippen molar-refractivity contribution in [3.8, 4) is 0 Å². The number of hydrogen-bond acceptors (Lipinski definition) is 4. The summed E-state index contributed by atoms with van der Waals surface area (Å²) in [7, 11) is 1.78. The molecule has 2 saturated heterocycles. The van der Waals surface area contributed by atoms with Gasteiger partial charge in [-0.1, -0.05) is 42.6 Å². The summed E-state index contributed by atoms with van der Waals surface area (Å²) >= 11 is 12.5. The van der Waals surface area contributed by atoms with Crippen molar-refractivity contribution in [1.29, 1.82) is 0 Å². The molecule has 2 amide bonds. The zero-order valence-corrected chi connectivity index (χ0v) is 22.6. The van der Waals surface area contributed by atoms with Gasteiger partial charge in [0, 0.05) is 51.0 Å². The van der Waals surface area contributed by atoms with Gasteiger partial charge in [0.1, 0.15) is 0 Å². The Labute approximate surface area is 219 Å². The van der Waals surface area contributed by atoms with Gasteiger partial charge in [0.05, 0.1) is 16.7 Å². The van der Waals surface area contributed by atoms with E-state index >= 15 is 0 Å². The summed E-state index contributed by atoms with van der Waals surface area (Å²) in [5, 5.41) is 1.04. The van der Waals surface area contributed by atoms with Crippen molar-refractivity contribution in [3.63, 3.8) is 0 Å². The van der Waals surface area contributed by atoms with Gasteiger partial charge >= 0.3 is 6.09 Å². The van der Waals surface area contributed by atoms with Crippen molar-refractivity contribution in [2.75, 3.05) is 52.9 Å². The van der Waals surface area contributed by atoms with Crippen molar-refractivity contribution in [2.24, 2.45) is 17.8 Å². The average Bonchev–Trinajstić information content (AvgIpc) is 3.57. The molecular weight excluding hydrogens is 485 g/mol. The third kappa shape index (κ3) is 7.05. The third-order valence-corrected chi connectivity index (χ3v) is 8.56. The van der Waals surface area contributed by atoms with Crippen LogP contribution in [0.15, 0.2) is 18.2 Å². The van der Waals surface area contributed by atoms with Gasteiger partial charge in [0.15, 0.2) is 0 Å². The van der Waals surface area contributed by atoms with Crippen LogP contribution in [0, 0.1) is 17.8 Å². The highest BCUT2D eigenvalue weighted by molar-refractivity contribution is 6.42. The molecule has 2 heterocycles. The predicted octanol–water partition coefficient (Wildman–Crippen LogP) is 5.53. The lowest BCUT2D eigenvalue weighted by Gasteiger charge is -2.33. The smallest absolute Gasteiger partial charge is 0.409 e. The van der Waals surface area contributed by atoms with E-state index < -0.39 is 0 Å². The summed E-state index contributed by atoms with van der Waals surface area (Å²) in [4.78, 5) is 32.2. The molecule has 1 aliphatic carbocycles. The van der Waals surface area contributed by atoms with Crippen LogP contribution in [0.2, 0.25) is 10.0 Å². The van der Waals surface area contributed by atoms with E-state index in [4.69, 9.17) is 27.9 Å². The average molecular weight is 525 g/mol. The molecule has 4 rings (SSSR count). The molecular formula is C27H39Cl2N3O3. The van der Waals surface area contributed by atoms with Gasteiger partial charge in [0.2, 0.25) is 5.91 Å². The summed E-state index contributed by atoms with van der Waals surface area (Å²) in [6.45, 7) is 7.55. The lowest BCUT2D eigenvalue weighted by atomic mass is 9.88. The largest absolute Gasteiger partial charge is 0.449 e. The Kier molecular flexibility index (Phi) is 9.23. The number of ether oxygens (including phenoxy) is 1. The first-order valence-corrected chi connectivity index (χ1v) is 13.9. The molecule has 8 heteroatoms. The van der Waals surface area contributed by atoms with Crippen LogP contribution in [-0.2, 0) is 9.53 Å². The highest BCUT2D eigenvalue weighted by Gasteiger charge is 2.40. The minimum absolute atomic E-state index is 0.0922. The molecule has 1 aromatic carbocycles. The van der Waals surface area contributed by atoms with E-state index in [0.717, 1.165) is 50.3 Å². The number of halogens is 2. The maximum absolute atomic E-state index is 13.5. The number of rotatable bonds is 9. The van der Waals surface area contributed by atoms with E-state index in [0.29, 0.717) is 36.3 Å². The molecule has 1 unspecified atom stereocenters. The second-order valence-electron chi connectivity index (χ2n) is 10.7. The molecule has 0 aromatic heterocycles. The summed E-state index contributed by atoms with van der Waals surface area (Å²) in [5.41, 5.74) is 1.06. The molecule has 1 saturated carbocycles. The van der Waals surface area contributed by atoms with E-state index in [9.17, 15) is 9.59 Å². The third-order valence-electron chi connectivity index (χ3n) is 7.82. The van der Waals surface area contributed by atoms with Crippen molar-refractivity contribution < 1.29 is 14.3 Å². The van der Waals surface area contributed by atoms with Crippen LogP contribution in [-0.4, -0.2) is 79.6 Å². The van der Waals surface area contributed by atoms with E-state index in [1.165, 1.54) is 19.4 Å². The number of carbonyl (C=O) groups is 2. The highest BCUT2D eigenvalue weighted by atomic mass is 35.5. The summed E-state index contributed by atoms with van der Waals surface area (Å²) in [6.07, 6.45) is 6.14. The van der Waals surface area contributed by atoms with Crippen molar-refractivity contribution >= 4 is 35.2 Å². The number of amides is 2. The Morgan fingerprint density at radius 1 is 1.09 bits per heavy atom. The fourth-order valence-corrected chi connectivity index (χ4v) is 5.79. The summed E-state index contributed by atoms with van der Waals surface area (Å²) < 4.78 is 5.40. The monoisotopic (exact) mass is 523 g/mol. The standard InChI is InChI=1S/C27H39Cl2N3O3/c1-3-4-13-35-27(34)30(2)16-22-17-32(18-23(22)21-7-8-24(28)25(29)14-21)26(33)20-9-11-31(12-10-20)15-19-5-6-19/h7-8,14,19-20,22-23H,3-6,9-13,15-18H2,1-2H3/t22?,23-/m1/s1. The van der Waals surface area contributed by atoms with Crippen LogP contribution in [0.5, 0.6) is 0 Å². The Hall–Kier alpha value is -1.50. The minimum atomic E-state index is -0.306. The van der Waals surface area contributed by atoms with Crippen LogP contribution in [0.25, 0.3) is 0 Å². The van der Waals surface area contributed by atoms with Crippen molar-refractivity contribution in [2.45, 2.75) is 51.4 Å². The number of likely N-dealkylation sites (tertiary alicyclic amines) is 2. The number of carbonyl (C=O) groups excluding carboxylic acids is 2. The Balaban J connectivity index is 1.41. The minimum Gasteiger partial charge on any atom is -0.449 e. The van der Waals surface area contributed by atoms with Gasteiger partial charge < -0.3 is 19.4 Å². The van der Waals surface area contributed by atoms with Crippen molar-refractivity contribution in [3.05, 3.63) is 33.8 Å². The normalized spacial score (nSPS) is 23.5. The molecule has 1 aromatic rings. The molecule has 0 N–H and O–H groups in total. The lowest BCUT2D eigenvalue weighted by Crippen LogP contribution is -2.42. The second kappa shape index (κ2) is 12.2. The SMILES string of the molecule is CCCCOC(=O)N(C)CC1CN(C(=O)C2CCN(CC3CC3)CC2)C[C@@H]1c1ccc(Cl)c(Cl)c1. The van der Waals surface area contributed by atoms with Gasteiger partial charge in [0.25, 0.3) is 0 Å². The molecule has 35 heavy (non-hydrogen) atoms. The molecule has 194 valence electrons.